The van der Waals surface area contributed by atoms with Crippen LogP contribution in [0.4, 0.5) is 5.69 Å². The van der Waals surface area contributed by atoms with Crippen molar-refractivity contribution in [3.05, 3.63) is 53.6 Å². The molecule has 0 saturated heterocycles. The molecule has 0 saturated carbocycles. The second-order valence-electron chi connectivity index (χ2n) is 7.43. The van der Waals surface area contributed by atoms with E-state index >= 15 is 0 Å². The minimum Gasteiger partial charge on any atom is -0.508 e. The number of rotatable bonds is 7. The van der Waals surface area contributed by atoms with Crippen molar-refractivity contribution in [1.29, 1.82) is 0 Å². The molecule has 6 nitrogen and oxygen atoms in total. The summed E-state index contributed by atoms with van der Waals surface area (Å²) in [6.07, 6.45) is 1.19. The summed E-state index contributed by atoms with van der Waals surface area (Å²) in [5, 5.41) is 31.0. The molecule has 0 aliphatic carbocycles. The second-order valence-corrected chi connectivity index (χ2v) is 7.43. The number of benzene rings is 2. The van der Waals surface area contributed by atoms with Crippen molar-refractivity contribution >= 4 is 11.6 Å². The Morgan fingerprint density at radius 3 is 2.41 bits per heavy atom. The molecule has 0 spiro atoms. The lowest BCUT2D eigenvalue weighted by atomic mass is 9.95. The Labute approximate surface area is 160 Å². The number of carbonyl (C=O) groups is 1. The molecule has 0 heterocycles. The van der Waals surface area contributed by atoms with Crippen LogP contribution in [0, 0.1) is 5.41 Å². The van der Waals surface area contributed by atoms with Crippen LogP contribution in [0.1, 0.15) is 31.9 Å². The number of azo groups is 1. The quantitative estimate of drug-likeness (QED) is 0.641. The van der Waals surface area contributed by atoms with Crippen LogP contribution < -0.4 is 5.32 Å². The molecule has 0 bridgehead atoms. The highest BCUT2D eigenvalue weighted by atomic mass is 16.3. The molecule has 27 heavy (non-hydrogen) atoms. The zero-order chi connectivity index (χ0) is 19.9. The van der Waals surface area contributed by atoms with Crippen LogP contribution in [0.5, 0.6) is 11.5 Å². The molecule has 2 aromatic rings. The van der Waals surface area contributed by atoms with Crippen molar-refractivity contribution in [3.8, 4) is 11.5 Å². The number of phenols is 2. The van der Waals surface area contributed by atoms with Gasteiger partial charge in [0.15, 0.2) is 0 Å². The van der Waals surface area contributed by atoms with Crippen molar-refractivity contribution < 1.29 is 15.0 Å². The second kappa shape index (κ2) is 9.16. The van der Waals surface area contributed by atoms with Gasteiger partial charge in [-0.2, -0.15) is 10.2 Å². The summed E-state index contributed by atoms with van der Waals surface area (Å²) in [5.74, 6) is -0.208. The molecule has 2 aromatic carbocycles. The van der Waals surface area contributed by atoms with E-state index in [1.54, 1.807) is 6.07 Å². The molecule has 3 N–H and O–H groups in total. The molecule has 0 fully saturated rings. The lowest BCUT2D eigenvalue weighted by molar-refractivity contribution is -0.128. The Balaban J connectivity index is 1.96. The summed E-state index contributed by atoms with van der Waals surface area (Å²) in [7, 11) is 0. The largest absolute Gasteiger partial charge is 0.508 e. The van der Waals surface area contributed by atoms with Crippen LogP contribution in [-0.4, -0.2) is 29.2 Å². The first kappa shape index (κ1) is 20.4. The summed E-state index contributed by atoms with van der Waals surface area (Å²) in [5.41, 5.74) is 1.61. The molecule has 0 atom stereocenters. The van der Waals surface area contributed by atoms with Crippen LogP contribution in [-0.2, 0) is 17.6 Å². The van der Waals surface area contributed by atoms with Gasteiger partial charge < -0.3 is 15.5 Å². The number of aromatic hydroxyl groups is 2. The van der Waals surface area contributed by atoms with Crippen LogP contribution >= 0.6 is 0 Å². The Hall–Kier alpha value is -2.89. The van der Waals surface area contributed by atoms with Gasteiger partial charge in [0.2, 0.25) is 5.91 Å². The van der Waals surface area contributed by atoms with E-state index < -0.39 is 5.41 Å². The van der Waals surface area contributed by atoms with Crippen LogP contribution in [0.25, 0.3) is 0 Å². The average Bonchev–Trinajstić information content (AvgIpc) is 2.61. The molecule has 6 heteroatoms. The third-order valence-electron chi connectivity index (χ3n) is 4.06. The van der Waals surface area contributed by atoms with Gasteiger partial charge in [0.05, 0.1) is 6.54 Å². The highest BCUT2D eigenvalue weighted by molar-refractivity contribution is 5.81. The van der Waals surface area contributed by atoms with Crippen LogP contribution in [0.15, 0.2) is 52.7 Å². The first-order chi connectivity index (χ1) is 12.8. The van der Waals surface area contributed by atoms with E-state index in [9.17, 15) is 15.0 Å². The predicted octanol–water partition coefficient (Wildman–Crippen LogP) is 4.13. The van der Waals surface area contributed by atoms with Gasteiger partial charge in [-0.25, -0.2) is 0 Å². The topological polar surface area (TPSA) is 94.3 Å². The normalized spacial score (nSPS) is 11.7. The van der Waals surface area contributed by atoms with Gasteiger partial charge >= 0.3 is 0 Å². The van der Waals surface area contributed by atoms with Crippen molar-refractivity contribution in [2.24, 2.45) is 15.6 Å². The minimum atomic E-state index is -0.463. The Kier molecular flexibility index (Phi) is 6.93. The minimum absolute atomic E-state index is 0.0271. The molecule has 0 aromatic heterocycles. The van der Waals surface area contributed by atoms with E-state index in [1.807, 2.05) is 51.1 Å². The van der Waals surface area contributed by atoms with E-state index in [1.165, 1.54) is 11.6 Å². The predicted molar refractivity (Wildman–Crippen MR) is 105 cm³/mol. The fourth-order valence-electron chi connectivity index (χ4n) is 2.42. The standard InChI is InChI=1S/C21H27N3O3/c1-21(2,3)20(27)22-11-10-16-13-17(19(26)14-18(16)25)24-23-12-9-15-7-5-4-6-8-15/h4-8,13-14,25-26H,9-12H2,1-3H3,(H,22,27). The summed E-state index contributed by atoms with van der Waals surface area (Å²) >= 11 is 0. The van der Waals surface area contributed by atoms with Gasteiger partial charge in [-0.3, -0.25) is 4.79 Å². The number of phenolic OH excluding ortho intramolecular Hbond substituents is 2. The van der Waals surface area contributed by atoms with Crippen molar-refractivity contribution in [1.82, 2.24) is 5.32 Å². The van der Waals surface area contributed by atoms with Crippen LogP contribution in [0.3, 0.4) is 0 Å². The van der Waals surface area contributed by atoms with Gasteiger partial charge in [0.1, 0.15) is 17.2 Å². The highest BCUT2D eigenvalue weighted by Gasteiger charge is 2.20. The Morgan fingerprint density at radius 1 is 1.04 bits per heavy atom. The smallest absolute Gasteiger partial charge is 0.225 e. The molecule has 0 unspecified atom stereocenters. The fraction of sp³-hybridized carbons (Fsp3) is 0.381. The number of hydrogen-bond acceptors (Lipinski definition) is 5. The first-order valence-corrected chi connectivity index (χ1v) is 9.02. The Bertz CT molecular complexity index is 796. The van der Waals surface area contributed by atoms with Gasteiger partial charge in [-0.15, -0.1) is 0 Å². The number of hydrogen-bond donors (Lipinski definition) is 3. The first-order valence-electron chi connectivity index (χ1n) is 9.02. The zero-order valence-corrected chi connectivity index (χ0v) is 16.1. The van der Waals surface area contributed by atoms with Crippen molar-refractivity contribution in [2.75, 3.05) is 13.1 Å². The van der Waals surface area contributed by atoms with E-state index in [0.29, 0.717) is 30.8 Å². The molecular formula is C21H27N3O3. The van der Waals surface area contributed by atoms with Gasteiger partial charge in [0, 0.05) is 18.0 Å². The van der Waals surface area contributed by atoms with E-state index in [2.05, 4.69) is 15.5 Å². The highest BCUT2D eigenvalue weighted by Crippen LogP contribution is 2.34. The SMILES string of the molecule is CC(C)(C)C(=O)NCCc1cc(N=NCCc2ccccc2)c(O)cc1O. The maximum Gasteiger partial charge on any atom is 0.225 e. The van der Waals surface area contributed by atoms with Crippen molar-refractivity contribution in [3.63, 3.8) is 0 Å². The number of amides is 1. The molecule has 1 amide bonds. The van der Waals surface area contributed by atoms with E-state index in [4.69, 9.17) is 0 Å². The van der Waals surface area contributed by atoms with Gasteiger partial charge in [-0.05, 0) is 30.0 Å². The van der Waals surface area contributed by atoms with Crippen LogP contribution in [0.2, 0.25) is 0 Å². The molecule has 2 rings (SSSR count). The summed E-state index contributed by atoms with van der Waals surface area (Å²) in [6, 6.07) is 12.8. The maximum absolute atomic E-state index is 11.9. The summed E-state index contributed by atoms with van der Waals surface area (Å²) in [4.78, 5) is 11.9. The summed E-state index contributed by atoms with van der Waals surface area (Å²) in [6.45, 7) is 6.41. The number of nitrogens with one attached hydrogen (secondary N) is 1. The molecular weight excluding hydrogens is 342 g/mol. The third-order valence-corrected chi connectivity index (χ3v) is 4.06. The zero-order valence-electron chi connectivity index (χ0n) is 16.1. The molecule has 0 radical (unpaired) electrons. The van der Waals surface area contributed by atoms with Gasteiger partial charge in [-0.1, -0.05) is 51.1 Å². The fourth-order valence-corrected chi connectivity index (χ4v) is 2.42. The maximum atomic E-state index is 11.9. The average molecular weight is 369 g/mol. The molecule has 144 valence electrons. The number of carbonyl (C=O) groups excluding carboxylic acids is 1. The lowest BCUT2D eigenvalue weighted by Gasteiger charge is -2.17. The Morgan fingerprint density at radius 2 is 1.74 bits per heavy atom. The van der Waals surface area contributed by atoms with E-state index in [-0.39, 0.29) is 17.4 Å². The lowest BCUT2D eigenvalue weighted by Crippen LogP contribution is -2.35. The number of nitrogens with zero attached hydrogens (tertiary/aromatic N) is 2. The van der Waals surface area contributed by atoms with Crippen molar-refractivity contribution in [2.45, 2.75) is 33.6 Å². The van der Waals surface area contributed by atoms with E-state index in [0.717, 1.165) is 6.42 Å². The third kappa shape index (κ3) is 6.40. The van der Waals surface area contributed by atoms with Gasteiger partial charge in [0.25, 0.3) is 0 Å². The molecule has 0 aliphatic rings. The molecule has 0 aliphatic heterocycles. The summed E-state index contributed by atoms with van der Waals surface area (Å²) < 4.78 is 0. The monoisotopic (exact) mass is 369 g/mol.